The Labute approximate surface area is 166 Å². The highest BCUT2D eigenvalue weighted by molar-refractivity contribution is 6.08. The van der Waals surface area contributed by atoms with Crippen molar-refractivity contribution in [2.24, 2.45) is 0 Å². The first-order valence-corrected chi connectivity index (χ1v) is 10.2. The molecule has 0 aliphatic carbocycles. The molecule has 2 aromatic heterocycles. The SMILES string of the molecule is CCn1cc(-c2cc(C(=O)N3CCCC[C@@H]3C)c3cc(C)cc(C)c3n2)cn1. The van der Waals surface area contributed by atoms with Crippen molar-refractivity contribution in [2.45, 2.75) is 59.5 Å². The second-order valence-electron chi connectivity index (χ2n) is 7.96. The minimum Gasteiger partial charge on any atom is -0.336 e. The Morgan fingerprint density at radius 1 is 1.21 bits per heavy atom. The van der Waals surface area contributed by atoms with Crippen molar-refractivity contribution in [3.63, 3.8) is 0 Å². The van der Waals surface area contributed by atoms with E-state index >= 15 is 0 Å². The minimum absolute atomic E-state index is 0.119. The number of hydrogen-bond donors (Lipinski definition) is 0. The summed E-state index contributed by atoms with van der Waals surface area (Å²) in [5, 5.41) is 5.34. The molecule has 0 N–H and O–H groups in total. The maximum Gasteiger partial charge on any atom is 0.254 e. The number of likely N-dealkylation sites (tertiary alicyclic amines) is 1. The second-order valence-corrected chi connectivity index (χ2v) is 7.96. The van der Waals surface area contributed by atoms with Gasteiger partial charge >= 0.3 is 0 Å². The first-order valence-electron chi connectivity index (χ1n) is 10.2. The Morgan fingerprint density at radius 2 is 2.04 bits per heavy atom. The molecule has 1 aliphatic rings. The predicted molar refractivity (Wildman–Crippen MR) is 112 cm³/mol. The molecule has 0 spiro atoms. The van der Waals surface area contributed by atoms with E-state index in [1.54, 1.807) is 0 Å². The monoisotopic (exact) mass is 376 g/mol. The molecule has 0 unspecified atom stereocenters. The summed E-state index contributed by atoms with van der Waals surface area (Å²) in [6.45, 7) is 10.00. The van der Waals surface area contributed by atoms with Gasteiger partial charge in [0.05, 0.1) is 23.0 Å². The fraction of sp³-hybridized carbons (Fsp3) is 0.435. The van der Waals surface area contributed by atoms with Crippen LogP contribution in [0.15, 0.2) is 30.6 Å². The zero-order valence-corrected chi connectivity index (χ0v) is 17.2. The number of carbonyl (C=O) groups excluding carboxylic acids is 1. The smallest absolute Gasteiger partial charge is 0.254 e. The van der Waals surface area contributed by atoms with Crippen LogP contribution >= 0.6 is 0 Å². The fourth-order valence-corrected chi connectivity index (χ4v) is 4.23. The Bertz CT molecular complexity index is 1040. The molecule has 146 valence electrons. The van der Waals surface area contributed by atoms with Gasteiger partial charge in [0.2, 0.25) is 0 Å². The number of rotatable bonds is 3. The molecule has 1 aromatic carbocycles. The number of aryl methyl sites for hydroxylation is 3. The Balaban J connectivity index is 1.90. The van der Waals surface area contributed by atoms with E-state index in [-0.39, 0.29) is 11.9 Å². The molecule has 1 amide bonds. The lowest BCUT2D eigenvalue weighted by atomic mass is 9.97. The van der Waals surface area contributed by atoms with Crippen LogP contribution in [-0.2, 0) is 6.54 Å². The molecule has 1 atom stereocenters. The van der Waals surface area contributed by atoms with E-state index in [2.05, 4.69) is 44.9 Å². The summed E-state index contributed by atoms with van der Waals surface area (Å²) in [5.74, 6) is 0.119. The number of aromatic nitrogens is 3. The molecular formula is C23H28N4O. The van der Waals surface area contributed by atoms with E-state index < -0.39 is 0 Å². The van der Waals surface area contributed by atoms with Gasteiger partial charge in [0.15, 0.2) is 0 Å². The van der Waals surface area contributed by atoms with E-state index in [4.69, 9.17) is 4.98 Å². The lowest BCUT2D eigenvalue weighted by Gasteiger charge is -2.33. The average molecular weight is 377 g/mol. The molecule has 5 nitrogen and oxygen atoms in total. The average Bonchev–Trinajstić information content (AvgIpc) is 3.16. The normalized spacial score (nSPS) is 17.3. The Kier molecular flexibility index (Phi) is 4.92. The maximum absolute atomic E-state index is 13.6. The number of nitrogens with zero attached hydrogens (tertiary/aromatic N) is 4. The molecule has 3 heterocycles. The summed E-state index contributed by atoms with van der Waals surface area (Å²) in [6, 6.07) is 6.46. The lowest BCUT2D eigenvalue weighted by Crippen LogP contribution is -2.42. The second kappa shape index (κ2) is 7.38. The van der Waals surface area contributed by atoms with Crippen molar-refractivity contribution in [3.8, 4) is 11.3 Å². The van der Waals surface area contributed by atoms with Crippen LogP contribution in [0.3, 0.4) is 0 Å². The van der Waals surface area contributed by atoms with Gasteiger partial charge in [-0.2, -0.15) is 5.10 Å². The third kappa shape index (κ3) is 3.30. The van der Waals surface area contributed by atoms with Crippen LogP contribution in [0.4, 0.5) is 0 Å². The summed E-state index contributed by atoms with van der Waals surface area (Å²) >= 11 is 0. The van der Waals surface area contributed by atoms with E-state index in [0.717, 1.165) is 64.8 Å². The van der Waals surface area contributed by atoms with E-state index in [0.29, 0.717) is 0 Å². The molecule has 4 rings (SSSR count). The summed E-state index contributed by atoms with van der Waals surface area (Å²) in [4.78, 5) is 20.5. The van der Waals surface area contributed by atoms with Crippen LogP contribution in [0.5, 0.6) is 0 Å². The number of fused-ring (bicyclic) bond motifs is 1. The van der Waals surface area contributed by atoms with Crippen molar-refractivity contribution < 1.29 is 4.79 Å². The van der Waals surface area contributed by atoms with Crippen molar-refractivity contribution in [2.75, 3.05) is 6.54 Å². The van der Waals surface area contributed by atoms with E-state index in [1.807, 2.05) is 28.0 Å². The van der Waals surface area contributed by atoms with Gasteiger partial charge in [0.25, 0.3) is 5.91 Å². The maximum atomic E-state index is 13.6. The zero-order valence-electron chi connectivity index (χ0n) is 17.2. The highest BCUT2D eigenvalue weighted by Gasteiger charge is 2.26. The molecule has 3 aromatic rings. The van der Waals surface area contributed by atoms with Crippen molar-refractivity contribution in [1.82, 2.24) is 19.7 Å². The number of carbonyl (C=O) groups is 1. The van der Waals surface area contributed by atoms with Crippen molar-refractivity contribution in [3.05, 3.63) is 47.3 Å². The molecule has 5 heteroatoms. The zero-order chi connectivity index (χ0) is 19.8. The van der Waals surface area contributed by atoms with E-state index in [1.165, 1.54) is 6.42 Å². The van der Waals surface area contributed by atoms with Crippen LogP contribution in [0, 0.1) is 13.8 Å². The quantitative estimate of drug-likeness (QED) is 0.663. The number of benzene rings is 1. The van der Waals surface area contributed by atoms with Gasteiger partial charge < -0.3 is 4.90 Å². The largest absolute Gasteiger partial charge is 0.336 e. The summed E-state index contributed by atoms with van der Waals surface area (Å²) in [5.41, 5.74) is 5.67. The van der Waals surface area contributed by atoms with E-state index in [9.17, 15) is 4.79 Å². The summed E-state index contributed by atoms with van der Waals surface area (Å²) in [6.07, 6.45) is 7.17. The lowest BCUT2D eigenvalue weighted by molar-refractivity contribution is 0.0637. The van der Waals surface area contributed by atoms with Crippen LogP contribution in [0.25, 0.3) is 22.2 Å². The minimum atomic E-state index is 0.119. The third-order valence-corrected chi connectivity index (χ3v) is 5.80. The fourth-order valence-electron chi connectivity index (χ4n) is 4.23. The molecule has 0 saturated carbocycles. The van der Waals surface area contributed by atoms with Gasteiger partial charge in [-0.3, -0.25) is 9.48 Å². The molecule has 1 fully saturated rings. The van der Waals surface area contributed by atoms with Gasteiger partial charge in [0.1, 0.15) is 0 Å². The summed E-state index contributed by atoms with van der Waals surface area (Å²) in [7, 11) is 0. The molecule has 0 radical (unpaired) electrons. The van der Waals surface area contributed by atoms with Crippen LogP contribution in [-0.4, -0.2) is 38.2 Å². The summed E-state index contributed by atoms with van der Waals surface area (Å²) < 4.78 is 1.89. The standard InChI is InChI=1S/C23H28N4O/c1-5-26-14-18(13-24-26)21-12-20(23(28)27-9-7-6-8-17(27)4)19-11-15(2)10-16(3)22(19)25-21/h10-14,17H,5-9H2,1-4H3/t17-/m0/s1. The van der Waals surface area contributed by atoms with Crippen LogP contribution in [0.1, 0.15) is 54.6 Å². The molecule has 0 bridgehead atoms. The van der Waals surface area contributed by atoms with Gasteiger partial charge in [-0.25, -0.2) is 4.98 Å². The van der Waals surface area contributed by atoms with Crippen LogP contribution in [0.2, 0.25) is 0 Å². The predicted octanol–water partition coefficient (Wildman–Crippen LogP) is 4.75. The van der Waals surface area contributed by atoms with Crippen LogP contribution < -0.4 is 0 Å². The highest BCUT2D eigenvalue weighted by Crippen LogP contribution is 2.30. The molecular weight excluding hydrogens is 348 g/mol. The van der Waals surface area contributed by atoms with Crippen molar-refractivity contribution >= 4 is 16.8 Å². The molecule has 1 saturated heterocycles. The Morgan fingerprint density at radius 3 is 2.75 bits per heavy atom. The molecule has 1 aliphatic heterocycles. The number of amides is 1. The first-order chi connectivity index (χ1) is 13.5. The topological polar surface area (TPSA) is 51.0 Å². The first kappa shape index (κ1) is 18.7. The van der Waals surface area contributed by atoms with Gasteiger partial charge in [-0.1, -0.05) is 11.6 Å². The third-order valence-electron chi connectivity index (χ3n) is 5.80. The number of piperidine rings is 1. The molecule has 28 heavy (non-hydrogen) atoms. The highest BCUT2D eigenvalue weighted by atomic mass is 16.2. The Hall–Kier alpha value is -2.69. The van der Waals surface area contributed by atoms with Gasteiger partial charge in [-0.05, 0) is 64.7 Å². The van der Waals surface area contributed by atoms with Gasteiger partial charge in [0, 0.05) is 36.3 Å². The number of hydrogen-bond acceptors (Lipinski definition) is 3. The van der Waals surface area contributed by atoms with Gasteiger partial charge in [-0.15, -0.1) is 0 Å². The number of pyridine rings is 1. The van der Waals surface area contributed by atoms with Crippen molar-refractivity contribution in [1.29, 1.82) is 0 Å².